The molecule has 0 radical (unpaired) electrons. The summed E-state index contributed by atoms with van der Waals surface area (Å²) < 4.78 is 18.0. The van der Waals surface area contributed by atoms with E-state index in [1.165, 1.54) is 6.07 Å². The summed E-state index contributed by atoms with van der Waals surface area (Å²) in [6.07, 6.45) is -1.05. The molecule has 0 aliphatic heterocycles. The number of aliphatic hydroxyl groups excluding tert-OH is 2. The van der Waals surface area contributed by atoms with Crippen LogP contribution in [0.5, 0.6) is 5.75 Å². The van der Waals surface area contributed by atoms with E-state index in [-0.39, 0.29) is 16.7 Å². The number of hydrogen-bond donors (Lipinski definition) is 4. The highest BCUT2D eigenvalue weighted by atomic mass is 79.9. The Bertz CT molecular complexity index is 483. The van der Waals surface area contributed by atoms with Crippen molar-refractivity contribution in [1.29, 1.82) is 0 Å². The van der Waals surface area contributed by atoms with Crippen LogP contribution in [-0.2, 0) is 4.74 Å². The van der Waals surface area contributed by atoms with Gasteiger partial charge in [0.05, 0.1) is 30.0 Å². The van der Waals surface area contributed by atoms with Gasteiger partial charge in [0.1, 0.15) is 5.56 Å². The fraction of sp³-hybridized carbons (Fsp3) is 0.364. The van der Waals surface area contributed by atoms with Crippen LogP contribution in [-0.4, -0.2) is 47.7 Å². The van der Waals surface area contributed by atoms with Crippen LogP contribution in [0.1, 0.15) is 10.4 Å². The lowest BCUT2D eigenvalue weighted by Crippen LogP contribution is -2.23. The smallest absolute Gasteiger partial charge is 0.344 e. The second kappa shape index (κ2) is 6.69. The largest absolute Gasteiger partial charge is 0.505 e. The van der Waals surface area contributed by atoms with Crippen LogP contribution < -0.4 is 5.32 Å². The van der Waals surface area contributed by atoms with Gasteiger partial charge in [-0.3, -0.25) is 0 Å². The van der Waals surface area contributed by atoms with E-state index in [1.807, 2.05) is 0 Å². The molecule has 8 heteroatoms. The summed E-state index contributed by atoms with van der Waals surface area (Å²) in [4.78, 5) is 11.4. The molecule has 1 unspecified atom stereocenters. The number of benzene rings is 1. The molecule has 0 aliphatic carbocycles. The number of phenolic OH excluding ortho intramolecular Hbond substituents is 1. The van der Waals surface area contributed by atoms with E-state index in [0.29, 0.717) is 0 Å². The number of halogens is 2. The minimum absolute atomic E-state index is 0.0289. The van der Waals surface area contributed by atoms with Crippen LogP contribution >= 0.6 is 15.9 Å². The van der Waals surface area contributed by atoms with Crippen molar-refractivity contribution >= 4 is 27.6 Å². The molecule has 106 valence electrons. The standard InChI is InChI=1S/C11H13BrFNO5/c1-19-11(18)8-9(13)6(12)2-7(10(8)17)14-3-5(16)4-15/h2,5,14-17H,3-4H2,1H3. The lowest BCUT2D eigenvalue weighted by atomic mass is 10.1. The van der Waals surface area contributed by atoms with Crippen molar-refractivity contribution in [3.8, 4) is 5.75 Å². The van der Waals surface area contributed by atoms with Crippen LogP contribution in [0.4, 0.5) is 10.1 Å². The Morgan fingerprint density at radius 1 is 1.63 bits per heavy atom. The van der Waals surface area contributed by atoms with E-state index in [0.717, 1.165) is 7.11 Å². The summed E-state index contributed by atoms with van der Waals surface area (Å²) >= 11 is 2.91. The predicted octanol–water partition coefficient (Wildman–Crippen LogP) is 0.845. The van der Waals surface area contributed by atoms with Gasteiger partial charge in [-0.15, -0.1) is 0 Å². The van der Waals surface area contributed by atoms with E-state index in [9.17, 15) is 19.4 Å². The van der Waals surface area contributed by atoms with Gasteiger partial charge in [-0.2, -0.15) is 0 Å². The first-order valence-corrected chi connectivity index (χ1v) is 6.03. The highest BCUT2D eigenvalue weighted by Crippen LogP contribution is 2.35. The summed E-state index contributed by atoms with van der Waals surface area (Å²) in [6, 6.07) is 1.21. The Balaban J connectivity index is 3.13. The van der Waals surface area contributed by atoms with Gasteiger partial charge in [0.2, 0.25) is 0 Å². The molecule has 0 saturated carbocycles. The Kier molecular flexibility index (Phi) is 5.52. The maximum absolute atomic E-state index is 13.7. The van der Waals surface area contributed by atoms with Crippen molar-refractivity contribution < 1.29 is 29.2 Å². The zero-order chi connectivity index (χ0) is 14.6. The van der Waals surface area contributed by atoms with Crippen molar-refractivity contribution in [3.05, 3.63) is 21.9 Å². The molecule has 4 N–H and O–H groups in total. The number of hydrogen-bond acceptors (Lipinski definition) is 6. The topological polar surface area (TPSA) is 99.0 Å². The van der Waals surface area contributed by atoms with Crippen LogP contribution in [0.15, 0.2) is 10.5 Å². The molecule has 0 aliphatic rings. The summed E-state index contributed by atoms with van der Waals surface area (Å²) in [5.41, 5.74) is -0.584. The van der Waals surface area contributed by atoms with Crippen LogP contribution in [0.3, 0.4) is 0 Å². The molecule has 1 rings (SSSR count). The monoisotopic (exact) mass is 337 g/mol. The predicted molar refractivity (Wildman–Crippen MR) is 68.7 cm³/mol. The number of aliphatic hydroxyl groups is 2. The maximum atomic E-state index is 13.7. The average molecular weight is 338 g/mol. The summed E-state index contributed by atoms with van der Waals surface area (Å²) in [6.45, 7) is -0.553. The molecule has 1 aromatic carbocycles. The molecular formula is C11H13BrFNO5. The third-order valence-corrected chi connectivity index (χ3v) is 2.90. The molecule has 0 amide bonds. The van der Waals surface area contributed by atoms with Crippen LogP contribution in [0.25, 0.3) is 0 Å². The molecule has 19 heavy (non-hydrogen) atoms. The molecule has 0 spiro atoms. The Morgan fingerprint density at radius 3 is 2.79 bits per heavy atom. The first kappa shape index (κ1) is 15.7. The molecule has 1 aromatic rings. The number of methoxy groups -OCH3 is 1. The number of carbonyl (C=O) groups is 1. The molecule has 0 bridgehead atoms. The number of ether oxygens (including phenoxy) is 1. The van der Waals surface area contributed by atoms with Crippen molar-refractivity contribution in [2.24, 2.45) is 0 Å². The van der Waals surface area contributed by atoms with Gasteiger partial charge in [-0.05, 0) is 22.0 Å². The minimum Gasteiger partial charge on any atom is -0.505 e. The Morgan fingerprint density at radius 2 is 2.26 bits per heavy atom. The zero-order valence-electron chi connectivity index (χ0n) is 9.98. The third-order valence-electron chi connectivity index (χ3n) is 2.32. The molecular weight excluding hydrogens is 325 g/mol. The SMILES string of the molecule is COC(=O)c1c(O)c(NCC(O)CO)cc(Br)c1F. The highest BCUT2D eigenvalue weighted by Gasteiger charge is 2.23. The molecule has 6 nitrogen and oxygen atoms in total. The fourth-order valence-corrected chi connectivity index (χ4v) is 1.76. The molecule has 0 fully saturated rings. The summed E-state index contributed by atoms with van der Waals surface area (Å²) in [5, 5.41) is 30.3. The van der Waals surface area contributed by atoms with Crippen LogP contribution in [0, 0.1) is 5.82 Å². The van der Waals surface area contributed by atoms with E-state index >= 15 is 0 Å². The van der Waals surface area contributed by atoms with Gasteiger partial charge in [-0.1, -0.05) is 0 Å². The third kappa shape index (κ3) is 3.55. The van der Waals surface area contributed by atoms with E-state index in [4.69, 9.17) is 5.11 Å². The maximum Gasteiger partial charge on any atom is 0.344 e. The van der Waals surface area contributed by atoms with E-state index in [2.05, 4.69) is 26.0 Å². The Labute approximate surface area is 116 Å². The number of esters is 1. The fourth-order valence-electron chi connectivity index (χ4n) is 1.33. The lowest BCUT2D eigenvalue weighted by Gasteiger charge is -2.14. The highest BCUT2D eigenvalue weighted by molar-refractivity contribution is 9.10. The van der Waals surface area contributed by atoms with Gasteiger partial charge in [-0.25, -0.2) is 9.18 Å². The molecule has 0 aromatic heterocycles. The number of carbonyl (C=O) groups excluding carboxylic acids is 1. The van der Waals surface area contributed by atoms with Gasteiger partial charge in [0.15, 0.2) is 11.6 Å². The second-order valence-electron chi connectivity index (χ2n) is 3.65. The second-order valence-corrected chi connectivity index (χ2v) is 4.51. The number of phenols is 1. The summed E-state index contributed by atoms with van der Waals surface area (Å²) in [7, 11) is 1.06. The van der Waals surface area contributed by atoms with E-state index in [1.54, 1.807) is 0 Å². The number of rotatable bonds is 5. The summed E-state index contributed by atoms with van der Waals surface area (Å²) in [5.74, 6) is -2.60. The number of nitrogens with one attached hydrogen (secondary N) is 1. The molecule has 0 heterocycles. The Hall–Kier alpha value is -1.38. The molecule has 0 saturated heterocycles. The quantitative estimate of drug-likeness (QED) is 0.469. The van der Waals surface area contributed by atoms with Crippen molar-refractivity contribution in [1.82, 2.24) is 0 Å². The van der Waals surface area contributed by atoms with Gasteiger partial charge < -0.3 is 25.4 Å². The lowest BCUT2D eigenvalue weighted by molar-refractivity contribution is 0.0592. The van der Waals surface area contributed by atoms with E-state index < -0.39 is 35.8 Å². The number of anilines is 1. The van der Waals surface area contributed by atoms with Crippen molar-refractivity contribution in [2.45, 2.75) is 6.10 Å². The zero-order valence-corrected chi connectivity index (χ0v) is 11.6. The van der Waals surface area contributed by atoms with Crippen molar-refractivity contribution in [2.75, 3.05) is 25.6 Å². The number of aromatic hydroxyl groups is 1. The molecule has 1 atom stereocenters. The van der Waals surface area contributed by atoms with Crippen LogP contribution in [0.2, 0.25) is 0 Å². The first-order valence-electron chi connectivity index (χ1n) is 5.24. The van der Waals surface area contributed by atoms with Gasteiger partial charge in [0, 0.05) is 6.54 Å². The normalized spacial score (nSPS) is 12.1. The van der Waals surface area contributed by atoms with Crippen molar-refractivity contribution in [3.63, 3.8) is 0 Å². The minimum atomic E-state index is -1.05. The van der Waals surface area contributed by atoms with Gasteiger partial charge in [0.25, 0.3) is 0 Å². The van der Waals surface area contributed by atoms with Gasteiger partial charge >= 0.3 is 5.97 Å². The average Bonchev–Trinajstić information content (AvgIpc) is 2.40. The first-order chi connectivity index (χ1) is 8.92.